The van der Waals surface area contributed by atoms with Gasteiger partial charge < -0.3 is 4.42 Å². The molecule has 0 amide bonds. The summed E-state index contributed by atoms with van der Waals surface area (Å²) >= 11 is 0. The van der Waals surface area contributed by atoms with Crippen molar-refractivity contribution in [3.63, 3.8) is 0 Å². The van der Waals surface area contributed by atoms with Crippen molar-refractivity contribution >= 4 is 65.2 Å². The maximum Gasteiger partial charge on any atom is 0.162 e. The Hall–Kier alpha value is -4.69. The van der Waals surface area contributed by atoms with Gasteiger partial charge in [-0.15, -0.1) is 0 Å². The summed E-state index contributed by atoms with van der Waals surface area (Å²) < 4.78 is 6.53. The summed E-state index contributed by atoms with van der Waals surface area (Å²) in [5.41, 5.74) is 4.65. The molecule has 2 aromatic heterocycles. The van der Waals surface area contributed by atoms with Crippen LogP contribution in [-0.4, -0.2) is 4.98 Å². The van der Waals surface area contributed by atoms with Crippen molar-refractivity contribution in [2.24, 2.45) is 0 Å². The van der Waals surface area contributed by atoms with Crippen molar-refractivity contribution in [2.45, 2.75) is 0 Å². The quantitative estimate of drug-likeness (QED) is 0.235. The van der Waals surface area contributed by atoms with Crippen molar-refractivity contribution in [3.05, 3.63) is 115 Å². The number of para-hydroxylation sites is 1. The van der Waals surface area contributed by atoms with Gasteiger partial charge in [-0.1, -0.05) is 103 Å². The summed E-state index contributed by atoms with van der Waals surface area (Å²) in [6.45, 7) is 0. The smallest absolute Gasteiger partial charge is 0.162 e. The molecule has 0 fully saturated rings. The molecule has 0 saturated carbocycles. The molecule has 0 spiro atoms. The molecule has 0 aliphatic rings. The molecule has 2 heteroatoms. The van der Waals surface area contributed by atoms with Crippen LogP contribution in [0.2, 0.25) is 0 Å². The summed E-state index contributed by atoms with van der Waals surface area (Å²) in [6, 6.07) is 40.6. The molecule has 2 nitrogen and oxygen atoms in total. The van der Waals surface area contributed by atoms with Gasteiger partial charge in [-0.25, -0.2) is 4.98 Å². The number of rotatable bonds is 1. The molecule has 2 heterocycles. The van der Waals surface area contributed by atoms with Gasteiger partial charge in [-0.05, 0) is 39.1 Å². The highest BCUT2D eigenvalue weighted by Gasteiger charge is 2.20. The molecule has 0 N–H and O–H groups in total. The van der Waals surface area contributed by atoms with Gasteiger partial charge in [0.1, 0.15) is 11.3 Å². The summed E-state index contributed by atoms with van der Waals surface area (Å²) in [7, 11) is 0. The van der Waals surface area contributed by atoms with E-state index in [1.165, 1.54) is 32.3 Å². The van der Waals surface area contributed by atoms with Crippen molar-refractivity contribution < 1.29 is 4.42 Å². The zero-order chi connectivity index (χ0) is 22.9. The molecular weight excluding hydrogens is 426 g/mol. The number of hydrogen-bond acceptors (Lipinski definition) is 2. The monoisotopic (exact) mass is 445 g/mol. The minimum absolute atomic E-state index is 0.842. The van der Waals surface area contributed by atoms with Gasteiger partial charge >= 0.3 is 0 Å². The molecular formula is C33H19NO. The Labute approximate surface area is 201 Å². The highest BCUT2D eigenvalue weighted by Crippen LogP contribution is 2.44. The van der Waals surface area contributed by atoms with Crippen LogP contribution in [0.4, 0.5) is 0 Å². The molecule has 6 aromatic carbocycles. The number of fused-ring (bicyclic) bond motifs is 11. The molecule has 0 saturated heterocycles. The summed E-state index contributed by atoms with van der Waals surface area (Å²) in [5.74, 6) is 0. The summed E-state index contributed by atoms with van der Waals surface area (Å²) in [4.78, 5) is 5.21. The fourth-order valence-corrected chi connectivity index (χ4v) is 5.67. The maximum absolute atomic E-state index is 6.53. The Kier molecular flexibility index (Phi) is 3.69. The standard InChI is InChI=1S/C33H19NO/c1-2-9-23(10-3-1)32-33-30(25-12-6-7-13-27(25)35-33)31-26(34-32)19-18-22-17-16-21-15-14-20-8-4-5-11-24(20)28(21)29(22)31/h1-19H. The van der Waals surface area contributed by atoms with Crippen molar-refractivity contribution in [3.8, 4) is 11.3 Å². The first-order valence-corrected chi connectivity index (χ1v) is 11.9. The van der Waals surface area contributed by atoms with Gasteiger partial charge in [0.2, 0.25) is 0 Å². The van der Waals surface area contributed by atoms with Crippen molar-refractivity contribution in [1.29, 1.82) is 0 Å². The second-order valence-corrected chi connectivity index (χ2v) is 9.14. The molecule has 0 aliphatic carbocycles. The van der Waals surface area contributed by atoms with E-state index in [0.717, 1.165) is 44.1 Å². The fraction of sp³-hybridized carbons (Fsp3) is 0. The lowest BCUT2D eigenvalue weighted by Crippen LogP contribution is -1.90. The molecule has 162 valence electrons. The van der Waals surface area contributed by atoms with Gasteiger partial charge in [0.05, 0.1) is 5.52 Å². The second-order valence-electron chi connectivity index (χ2n) is 9.14. The van der Waals surface area contributed by atoms with E-state index in [9.17, 15) is 0 Å². The first kappa shape index (κ1) is 18.7. The highest BCUT2D eigenvalue weighted by molar-refractivity contribution is 6.35. The normalized spacial score (nSPS) is 12.0. The van der Waals surface area contributed by atoms with Gasteiger partial charge in [0.15, 0.2) is 5.58 Å². The Morgan fingerprint density at radius 1 is 0.457 bits per heavy atom. The minimum atomic E-state index is 0.842. The molecule has 0 atom stereocenters. The minimum Gasteiger partial charge on any atom is -0.454 e. The lowest BCUT2D eigenvalue weighted by molar-refractivity contribution is 0.669. The van der Waals surface area contributed by atoms with Crippen LogP contribution in [0.25, 0.3) is 76.4 Å². The zero-order valence-corrected chi connectivity index (χ0v) is 18.8. The maximum atomic E-state index is 6.53. The first-order chi connectivity index (χ1) is 17.4. The van der Waals surface area contributed by atoms with E-state index >= 15 is 0 Å². The van der Waals surface area contributed by atoms with Crippen LogP contribution < -0.4 is 0 Å². The summed E-state index contributed by atoms with van der Waals surface area (Å²) in [5, 5.41) is 10.9. The third kappa shape index (κ3) is 2.57. The van der Waals surface area contributed by atoms with E-state index in [1.807, 2.05) is 12.1 Å². The Balaban J connectivity index is 1.71. The van der Waals surface area contributed by atoms with Gasteiger partial charge in [0.25, 0.3) is 0 Å². The number of benzene rings is 6. The number of aromatic nitrogens is 1. The van der Waals surface area contributed by atoms with Crippen LogP contribution in [0, 0.1) is 0 Å². The van der Waals surface area contributed by atoms with Crippen LogP contribution in [0.15, 0.2) is 120 Å². The van der Waals surface area contributed by atoms with Gasteiger partial charge in [0, 0.05) is 27.1 Å². The summed E-state index contributed by atoms with van der Waals surface area (Å²) in [6.07, 6.45) is 0. The zero-order valence-electron chi connectivity index (χ0n) is 18.8. The van der Waals surface area contributed by atoms with E-state index in [0.29, 0.717) is 0 Å². The Morgan fingerprint density at radius 3 is 1.97 bits per heavy atom. The number of hydrogen-bond donors (Lipinski definition) is 0. The lowest BCUT2D eigenvalue weighted by atomic mass is 9.92. The highest BCUT2D eigenvalue weighted by atomic mass is 16.3. The molecule has 35 heavy (non-hydrogen) atoms. The predicted molar refractivity (Wildman–Crippen MR) is 147 cm³/mol. The number of furan rings is 1. The number of pyridine rings is 1. The second kappa shape index (κ2) is 6.91. The molecule has 8 rings (SSSR count). The van der Waals surface area contributed by atoms with E-state index in [2.05, 4.69) is 103 Å². The van der Waals surface area contributed by atoms with Crippen LogP contribution in [0.5, 0.6) is 0 Å². The molecule has 0 bridgehead atoms. The van der Waals surface area contributed by atoms with Crippen LogP contribution >= 0.6 is 0 Å². The molecule has 0 radical (unpaired) electrons. The SMILES string of the molecule is c1ccc(-c2nc3ccc4ccc5ccc6ccccc6c5c4c3c3c2oc2ccccc23)cc1. The lowest BCUT2D eigenvalue weighted by Gasteiger charge is -2.13. The van der Waals surface area contributed by atoms with Gasteiger partial charge in [-0.3, -0.25) is 0 Å². The van der Waals surface area contributed by atoms with E-state index in [4.69, 9.17) is 9.40 Å². The topological polar surface area (TPSA) is 26.0 Å². The average Bonchev–Trinajstić information content (AvgIpc) is 3.32. The van der Waals surface area contributed by atoms with Crippen molar-refractivity contribution in [1.82, 2.24) is 4.98 Å². The molecule has 8 aromatic rings. The largest absolute Gasteiger partial charge is 0.454 e. The Bertz CT molecular complexity index is 2100. The van der Waals surface area contributed by atoms with E-state index in [1.54, 1.807) is 0 Å². The van der Waals surface area contributed by atoms with Crippen LogP contribution in [-0.2, 0) is 0 Å². The van der Waals surface area contributed by atoms with Crippen LogP contribution in [0.1, 0.15) is 0 Å². The third-order valence-electron chi connectivity index (χ3n) is 7.21. The van der Waals surface area contributed by atoms with Crippen LogP contribution in [0.3, 0.4) is 0 Å². The molecule has 0 unspecified atom stereocenters. The number of nitrogens with zero attached hydrogens (tertiary/aromatic N) is 1. The molecule has 0 aliphatic heterocycles. The van der Waals surface area contributed by atoms with E-state index < -0.39 is 0 Å². The third-order valence-corrected chi connectivity index (χ3v) is 7.21. The Morgan fingerprint density at radius 2 is 1.11 bits per heavy atom. The predicted octanol–water partition coefficient (Wildman–Crippen LogP) is 9.26. The fourth-order valence-electron chi connectivity index (χ4n) is 5.67. The van der Waals surface area contributed by atoms with E-state index in [-0.39, 0.29) is 0 Å². The average molecular weight is 446 g/mol. The van der Waals surface area contributed by atoms with Crippen molar-refractivity contribution in [2.75, 3.05) is 0 Å². The first-order valence-electron chi connectivity index (χ1n) is 11.9. The van der Waals surface area contributed by atoms with Gasteiger partial charge in [-0.2, -0.15) is 0 Å².